The predicted octanol–water partition coefficient (Wildman–Crippen LogP) is 10.4. The van der Waals surface area contributed by atoms with Crippen molar-refractivity contribution in [2.45, 2.75) is 58.5 Å². The molecule has 3 aromatic rings. The number of hydrogen-bond acceptors (Lipinski definition) is 2. The van der Waals surface area contributed by atoms with Crippen molar-refractivity contribution in [2.24, 2.45) is 11.8 Å². The molecule has 1 saturated carbocycles. The fourth-order valence-corrected chi connectivity index (χ4v) is 5.30. The van der Waals surface area contributed by atoms with Crippen LogP contribution in [0, 0.1) is 46.7 Å². The van der Waals surface area contributed by atoms with Crippen LogP contribution in [0.25, 0.3) is 22.3 Å². The maximum atomic E-state index is 15.0. The summed E-state index contributed by atoms with van der Waals surface area (Å²) < 4.78 is 127. The molecule has 2 nitrogen and oxygen atoms in total. The maximum Gasteiger partial charge on any atom is 0.419 e. The third-order valence-corrected chi connectivity index (χ3v) is 7.45. The van der Waals surface area contributed by atoms with Gasteiger partial charge in [-0.3, -0.25) is 0 Å². The summed E-state index contributed by atoms with van der Waals surface area (Å²) in [7, 11) is 0. The van der Waals surface area contributed by atoms with Crippen molar-refractivity contribution >= 4 is 0 Å². The molecule has 0 aromatic heterocycles. The van der Waals surface area contributed by atoms with Crippen molar-refractivity contribution in [1.29, 1.82) is 0 Å². The van der Waals surface area contributed by atoms with Gasteiger partial charge in [0.1, 0.15) is 0 Å². The molecule has 0 unspecified atom stereocenters. The lowest BCUT2D eigenvalue weighted by Crippen LogP contribution is -2.23. The summed E-state index contributed by atoms with van der Waals surface area (Å²) in [4.78, 5) is 0. The first-order valence-electron chi connectivity index (χ1n) is 13.8. The highest BCUT2D eigenvalue weighted by Crippen LogP contribution is 2.39. The van der Waals surface area contributed by atoms with E-state index < -0.39 is 74.8 Å². The summed E-state index contributed by atoms with van der Waals surface area (Å²) in [5, 5.41) is 0. The van der Waals surface area contributed by atoms with E-state index >= 15 is 4.39 Å². The van der Waals surface area contributed by atoms with E-state index in [0.29, 0.717) is 18.1 Å². The molecule has 1 fully saturated rings. The van der Waals surface area contributed by atoms with Crippen LogP contribution in [0.5, 0.6) is 11.5 Å². The van der Waals surface area contributed by atoms with Gasteiger partial charge in [0.05, 0.1) is 6.61 Å². The fraction of sp³-hybridized carbons (Fsp3) is 0.375. The van der Waals surface area contributed by atoms with E-state index in [0.717, 1.165) is 68.9 Å². The van der Waals surface area contributed by atoms with Crippen molar-refractivity contribution in [1.82, 2.24) is 0 Å². The van der Waals surface area contributed by atoms with Crippen LogP contribution >= 0.6 is 0 Å². The van der Waals surface area contributed by atoms with Crippen LogP contribution in [0.15, 0.2) is 48.6 Å². The molecule has 1 aliphatic carbocycles. The zero-order valence-electron chi connectivity index (χ0n) is 23.1. The lowest BCUT2D eigenvalue weighted by molar-refractivity contribution is -0.133. The van der Waals surface area contributed by atoms with Crippen LogP contribution in [0.3, 0.4) is 0 Å². The van der Waals surface area contributed by atoms with Gasteiger partial charge in [-0.15, -0.1) is 0 Å². The predicted molar refractivity (Wildman–Crippen MR) is 143 cm³/mol. The summed E-state index contributed by atoms with van der Waals surface area (Å²) in [5.74, 6) is -10.9. The Balaban J connectivity index is 1.55. The second-order valence-electron chi connectivity index (χ2n) is 10.3. The molecular weight excluding hydrogens is 568 g/mol. The van der Waals surface area contributed by atoms with Crippen LogP contribution in [-0.4, -0.2) is 12.7 Å². The Kier molecular flexibility index (Phi) is 9.84. The number of hydrogen-bond donors (Lipinski definition) is 0. The topological polar surface area (TPSA) is 18.5 Å². The number of alkyl halides is 2. The third kappa shape index (κ3) is 6.73. The molecule has 0 heterocycles. The smallest absolute Gasteiger partial charge is 0.419 e. The highest BCUT2D eigenvalue weighted by molar-refractivity contribution is 5.73. The number of benzene rings is 3. The highest BCUT2D eigenvalue weighted by atomic mass is 19.3. The van der Waals surface area contributed by atoms with Crippen LogP contribution in [0.2, 0.25) is 0 Å². The standard InChI is InChI=1S/C32H30F8O2/c1-3-5-18-6-8-19(9-7-18)16-17-32(39,40)42-25-15-13-23(29(36)31(25)38)21-11-10-20(26(33)27(21)34)22-12-14-24(41-4-2)30(37)28(22)35/h10-19H,3-9H2,1-2H3. The minimum Gasteiger partial charge on any atom is -0.491 e. The average molecular weight is 599 g/mol. The second kappa shape index (κ2) is 13.2. The summed E-state index contributed by atoms with van der Waals surface area (Å²) in [6.07, 6.45) is 3.40. The average Bonchev–Trinajstić information content (AvgIpc) is 2.96. The first kappa shape index (κ1) is 31.4. The third-order valence-electron chi connectivity index (χ3n) is 7.45. The molecule has 0 saturated heterocycles. The Morgan fingerprint density at radius 1 is 0.667 bits per heavy atom. The Morgan fingerprint density at radius 2 is 1.12 bits per heavy atom. The van der Waals surface area contributed by atoms with Gasteiger partial charge in [-0.1, -0.05) is 38.0 Å². The molecule has 0 bridgehead atoms. The SMILES string of the molecule is CCCC1CCC(C=CC(F)(F)Oc2ccc(-c3ccc(-c4ccc(OCC)c(F)c4F)c(F)c3F)c(F)c2F)CC1. The van der Waals surface area contributed by atoms with Gasteiger partial charge in [0.15, 0.2) is 34.8 Å². The largest absolute Gasteiger partial charge is 0.491 e. The molecule has 0 amide bonds. The number of allylic oxidation sites excluding steroid dienone is 1. The minimum absolute atomic E-state index is 0.0354. The lowest BCUT2D eigenvalue weighted by Gasteiger charge is -2.26. The Bertz CT molecular complexity index is 1450. The maximum absolute atomic E-state index is 15.0. The molecule has 0 aliphatic heterocycles. The zero-order chi connectivity index (χ0) is 30.6. The summed E-state index contributed by atoms with van der Waals surface area (Å²) in [6.45, 7) is 3.68. The number of halogens is 8. The minimum atomic E-state index is -3.95. The normalized spacial score (nSPS) is 17.6. The van der Waals surface area contributed by atoms with E-state index in [1.807, 2.05) is 0 Å². The van der Waals surface area contributed by atoms with Gasteiger partial charge >= 0.3 is 6.11 Å². The van der Waals surface area contributed by atoms with Gasteiger partial charge in [0.25, 0.3) is 0 Å². The van der Waals surface area contributed by atoms with E-state index in [2.05, 4.69) is 11.7 Å². The van der Waals surface area contributed by atoms with Crippen molar-refractivity contribution in [3.63, 3.8) is 0 Å². The van der Waals surface area contributed by atoms with Crippen LogP contribution in [0.4, 0.5) is 35.1 Å². The molecule has 0 spiro atoms. The van der Waals surface area contributed by atoms with E-state index in [9.17, 15) is 30.7 Å². The fourth-order valence-electron chi connectivity index (χ4n) is 5.30. The second-order valence-corrected chi connectivity index (χ2v) is 10.3. The van der Waals surface area contributed by atoms with Gasteiger partial charge in [0.2, 0.25) is 11.6 Å². The quantitative estimate of drug-likeness (QED) is 0.171. The van der Waals surface area contributed by atoms with E-state index in [4.69, 9.17) is 4.74 Å². The lowest BCUT2D eigenvalue weighted by atomic mass is 9.80. The molecule has 10 heteroatoms. The number of ether oxygens (including phenoxy) is 2. The van der Waals surface area contributed by atoms with E-state index in [1.54, 1.807) is 6.92 Å². The Labute approximate surface area is 239 Å². The Morgan fingerprint density at radius 3 is 1.62 bits per heavy atom. The van der Waals surface area contributed by atoms with Gasteiger partial charge < -0.3 is 9.47 Å². The molecular formula is C32H30F8O2. The van der Waals surface area contributed by atoms with Crippen molar-refractivity contribution in [3.05, 3.63) is 83.5 Å². The van der Waals surface area contributed by atoms with Gasteiger partial charge in [-0.2, -0.15) is 17.6 Å². The first-order chi connectivity index (χ1) is 20.0. The highest BCUT2D eigenvalue weighted by Gasteiger charge is 2.32. The van der Waals surface area contributed by atoms with Gasteiger partial charge in [-0.25, -0.2) is 17.6 Å². The molecule has 1 aliphatic rings. The summed E-state index contributed by atoms with van der Waals surface area (Å²) >= 11 is 0. The summed E-state index contributed by atoms with van der Waals surface area (Å²) in [5.41, 5.74) is -2.86. The summed E-state index contributed by atoms with van der Waals surface area (Å²) in [6, 6.07) is 5.17. The van der Waals surface area contributed by atoms with Gasteiger partial charge in [-0.05, 0) is 68.7 Å². The first-order valence-corrected chi connectivity index (χ1v) is 13.8. The number of rotatable bonds is 10. The van der Waals surface area contributed by atoms with Gasteiger partial charge in [0, 0.05) is 28.3 Å². The molecule has 42 heavy (non-hydrogen) atoms. The van der Waals surface area contributed by atoms with E-state index in [1.165, 1.54) is 6.08 Å². The molecule has 0 radical (unpaired) electrons. The van der Waals surface area contributed by atoms with Crippen LogP contribution in [0.1, 0.15) is 52.4 Å². The molecule has 3 aromatic carbocycles. The van der Waals surface area contributed by atoms with E-state index in [-0.39, 0.29) is 12.5 Å². The van der Waals surface area contributed by atoms with Crippen molar-refractivity contribution in [3.8, 4) is 33.8 Å². The van der Waals surface area contributed by atoms with Crippen LogP contribution in [-0.2, 0) is 0 Å². The molecule has 4 rings (SSSR count). The zero-order valence-corrected chi connectivity index (χ0v) is 23.1. The monoisotopic (exact) mass is 598 g/mol. The Hall–Kier alpha value is -3.56. The van der Waals surface area contributed by atoms with Crippen LogP contribution < -0.4 is 9.47 Å². The molecule has 0 atom stereocenters. The van der Waals surface area contributed by atoms with Crippen molar-refractivity contribution in [2.75, 3.05) is 6.61 Å². The molecule has 0 N–H and O–H groups in total. The van der Waals surface area contributed by atoms with Crippen molar-refractivity contribution < 1.29 is 44.6 Å². The molecule has 226 valence electrons.